The van der Waals surface area contributed by atoms with E-state index in [4.69, 9.17) is 4.74 Å². The van der Waals surface area contributed by atoms with E-state index in [0.717, 1.165) is 25.0 Å². The van der Waals surface area contributed by atoms with Gasteiger partial charge in [-0.2, -0.15) is 0 Å². The molecule has 0 aromatic rings. The fourth-order valence-electron chi connectivity index (χ4n) is 1.96. The number of ether oxygens (including phenoxy) is 1. The van der Waals surface area contributed by atoms with Crippen LogP contribution in [0.15, 0.2) is 0 Å². The van der Waals surface area contributed by atoms with Crippen molar-refractivity contribution in [1.29, 1.82) is 0 Å². The lowest BCUT2D eigenvalue weighted by Crippen LogP contribution is -2.42. The molecule has 10 heavy (non-hydrogen) atoms. The van der Waals surface area contributed by atoms with Crippen molar-refractivity contribution >= 4 is 0 Å². The summed E-state index contributed by atoms with van der Waals surface area (Å²) in [4.78, 5) is 0. The third-order valence-electron chi connectivity index (χ3n) is 2.78. The van der Waals surface area contributed by atoms with Crippen LogP contribution in [0.1, 0.15) is 13.3 Å². The van der Waals surface area contributed by atoms with Crippen molar-refractivity contribution in [2.24, 2.45) is 11.8 Å². The lowest BCUT2D eigenvalue weighted by atomic mass is 9.86. The molecule has 0 aliphatic carbocycles. The van der Waals surface area contributed by atoms with Crippen LogP contribution >= 0.6 is 0 Å². The summed E-state index contributed by atoms with van der Waals surface area (Å²) in [5.74, 6) is 1.65. The van der Waals surface area contributed by atoms with Gasteiger partial charge >= 0.3 is 0 Å². The Kier molecular flexibility index (Phi) is 1.66. The minimum absolute atomic E-state index is 0.647. The first-order valence-electron chi connectivity index (χ1n) is 4.17. The zero-order valence-electron chi connectivity index (χ0n) is 6.47. The topological polar surface area (TPSA) is 21.3 Å². The molecular weight excluding hydrogens is 126 g/mol. The van der Waals surface area contributed by atoms with Gasteiger partial charge < -0.3 is 10.1 Å². The third-order valence-corrected chi connectivity index (χ3v) is 2.78. The number of hydrogen-bond donors (Lipinski definition) is 1. The fraction of sp³-hybridized carbons (Fsp3) is 1.00. The predicted molar refractivity (Wildman–Crippen MR) is 39.9 cm³/mol. The summed E-state index contributed by atoms with van der Waals surface area (Å²) in [5, 5.41) is 3.49. The summed E-state index contributed by atoms with van der Waals surface area (Å²) in [6.45, 7) is 5.42. The van der Waals surface area contributed by atoms with E-state index in [1.165, 1.54) is 13.0 Å². The number of rotatable bonds is 0. The average molecular weight is 141 g/mol. The smallest absolute Gasteiger partial charge is 0.0619 e. The maximum atomic E-state index is 5.49. The van der Waals surface area contributed by atoms with Crippen LogP contribution in [-0.2, 0) is 4.74 Å². The Morgan fingerprint density at radius 1 is 1.40 bits per heavy atom. The van der Waals surface area contributed by atoms with Crippen molar-refractivity contribution in [3.8, 4) is 0 Å². The van der Waals surface area contributed by atoms with Crippen molar-refractivity contribution in [2.45, 2.75) is 19.4 Å². The van der Waals surface area contributed by atoms with Crippen LogP contribution < -0.4 is 5.32 Å². The summed E-state index contributed by atoms with van der Waals surface area (Å²) < 4.78 is 5.49. The van der Waals surface area contributed by atoms with Crippen LogP contribution in [0.4, 0.5) is 0 Å². The SMILES string of the molecule is CC1CC2COCC1CN2. The lowest BCUT2D eigenvalue weighted by Gasteiger charge is -2.29. The van der Waals surface area contributed by atoms with Crippen LogP contribution in [0, 0.1) is 11.8 Å². The number of fused-ring (bicyclic) bond motifs is 4. The summed E-state index contributed by atoms with van der Waals surface area (Å²) >= 11 is 0. The van der Waals surface area contributed by atoms with Crippen LogP contribution in [-0.4, -0.2) is 25.8 Å². The Morgan fingerprint density at radius 3 is 3.10 bits per heavy atom. The predicted octanol–water partition coefficient (Wildman–Crippen LogP) is 0.631. The Balaban J connectivity index is 2.07. The zero-order chi connectivity index (χ0) is 6.97. The molecule has 0 radical (unpaired) electrons. The van der Waals surface area contributed by atoms with Crippen molar-refractivity contribution in [2.75, 3.05) is 19.8 Å². The fourth-order valence-corrected chi connectivity index (χ4v) is 1.96. The molecule has 0 saturated carbocycles. The van der Waals surface area contributed by atoms with Gasteiger partial charge in [-0.3, -0.25) is 0 Å². The van der Waals surface area contributed by atoms with Gasteiger partial charge in [0.2, 0.25) is 0 Å². The molecule has 3 heterocycles. The van der Waals surface area contributed by atoms with E-state index in [1.54, 1.807) is 0 Å². The maximum absolute atomic E-state index is 5.49. The van der Waals surface area contributed by atoms with E-state index in [9.17, 15) is 0 Å². The van der Waals surface area contributed by atoms with Gasteiger partial charge in [-0.25, -0.2) is 0 Å². The van der Waals surface area contributed by atoms with Crippen LogP contribution in [0.25, 0.3) is 0 Å². The van der Waals surface area contributed by atoms with Crippen LogP contribution in [0.5, 0.6) is 0 Å². The van der Waals surface area contributed by atoms with Crippen LogP contribution in [0.2, 0.25) is 0 Å². The molecule has 0 aromatic heterocycles. The van der Waals surface area contributed by atoms with Gasteiger partial charge in [-0.1, -0.05) is 6.92 Å². The number of hydrogen-bond acceptors (Lipinski definition) is 2. The minimum atomic E-state index is 0.647. The van der Waals surface area contributed by atoms with Crippen molar-refractivity contribution in [3.05, 3.63) is 0 Å². The highest BCUT2D eigenvalue weighted by molar-refractivity contribution is 4.84. The quantitative estimate of drug-likeness (QED) is 0.534. The van der Waals surface area contributed by atoms with Crippen molar-refractivity contribution < 1.29 is 4.74 Å². The molecule has 0 aromatic carbocycles. The molecule has 3 saturated heterocycles. The number of nitrogens with one attached hydrogen (secondary N) is 1. The first kappa shape index (κ1) is 6.62. The first-order chi connectivity index (χ1) is 4.86. The molecule has 0 spiro atoms. The van der Waals surface area contributed by atoms with E-state index >= 15 is 0 Å². The van der Waals surface area contributed by atoms with Gasteiger partial charge in [0.05, 0.1) is 13.2 Å². The molecule has 3 fully saturated rings. The zero-order valence-corrected chi connectivity index (χ0v) is 6.47. The first-order valence-corrected chi connectivity index (χ1v) is 4.17. The molecular formula is C8H15NO. The summed E-state index contributed by atoms with van der Waals surface area (Å²) in [6, 6.07) is 0.647. The van der Waals surface area contributed by atoms with E-state index in [1.807, 2.05) is 0 Å². The molecule has 3 unspecified atom stereocenters. The molecule has 0 amide bonds. The molecule has 3 aliphatic heterocycles. The highest BCUT2D eigenvalue weighted by atomic mass is 16.5. The molecule has 2 nitrogen and oxygen atoms in total. The molecule has 3 atom stereocenters. The van der Waals surface area contributed by atoms with Gasteiger partial charge in [0.1, 0.15) is 0 Å². The lowest BCUT2D eigenvalue weighted by molar-refractivity contribution is 0.120. The van der Waals surface area contributed by atoms with E-state index in [-0.39, 0.29) is 0 Å². The van der Waals surface area contributed by atoms with Gasteiger partial charge in [-0.15, -0.1) is 0 Å². The largest absolute Gasteiger partial charge is 0.379 e. The molecule has 3 rings (SSSR count). The Labute approximate surface area is 61.9 Å². The summed E-state index contributed by atoms with van der Waals surface area (Å²) in [6.07, 6.45) is 1.31. The Bertz CT molecular complexity index is 122. The molecule has 1 N–H and O–H groups in total. The normalized spacial score (nSPS) is 47.1. The van der Waals surface area contributed by atoms with Crippen molar-refractivity contribution in [1.82, 2.24) is 5.32 Å². The second-order valence-corrected chi connectivity index (χ2v) is 3.62. The van der Waals surface area contributed by atoms with E-state index in [2.05, 4.69) is 12.2 Å². The third kappa shape index (κ3) is 1.06. The van der Waals surface area contributed by atoms with Crippen LogP contribution in [0.3, 0.4) is 0 Å². The maximum Gasteiger partial charge on any atom is 0.0619 e. The minimum Gasteiger partial charge on any atom is -0.379 e. The standard InChI is InChI=1S/C8H15NO/c1-6-2-8-5-10-4-7(6)3-9-8/h6-9H,2-5H2,1H3. The van der Waals surface area contributed by atoms with Gasteiger partial charge in [-0.05, 0) is 18.3 Å². The molecule has 2 bridgehead atoms. The molecule has 3 aliphatic rings. The van der Waals surface area contributed by atoms with Gasteiger partial charge in [0.25, 0.3) is 0 Å². The van der Waals surface area contributed by atoms with Gasteiger partial charge in [0, 0.05) is 12.6 Å². The van der Waals surface area contributed by atoms with E-state index < -0.39 is 0 Å². The van der Waals surface area contributed by atoms with Crippen molar-refractivity contribution in [3.63, 3.8) is 0 Å². The number of piperidine rings is 1. The highest BCUT2D eigenvalue weighted by Crippen LogP contribution is 2.25. The Hall–Kier alpha value is -0.0800. The summed E-state index contributed by atoms with van der Waals surface area (Å²) in [7, 11) is 0. The summed E-state index contributed by atoms with van der Waals surface area (Å²) in [5.41, 5.74) is 0. The molecule has 2 heteroatoms. The molecule has 58 valence electrons. The van der Waals surface area contributed by atoms with E-state index in [0.29, 0.717) is 6.04 Å². The monoisotopic (exact) mass is 141 g/mol. The van der Waals surface area contributed by atoms with Gasteiger partial charge in [0.15, 0.2) is 0 Å². The second-order valence-electron chi connectivity index (χ2n) is 3.62. The Morgan fingerprint density at radius 2 is 2.30 bits per heavy atom. The average Bonchev–Trinajstić information content (AvgIpc) is 2.20. The highest BCUT2D eigenvalue weighted by Gasteiger charge is 2.30. The second kappa shape index (κ2) is 2.51.